The van der Waals surface area contributed by atoms with E-state index in [-0.39, 0.29) is 6.09 Å². The van der Waals surface area contributed by atoms with Crippen LogP contribution in [0.25, 0.3) is 0 Å². The Hall–Kier alpha value is -0.420. The third kappa shape index (κ3) is 7.39. The van der Waals surface area contributed by atoms with Crippen LogP contribution in [0.2, 0.25) is 0 Å². The van der Waals surface area contributed by atoms with E-state index >= 15 is 0 Å². The summed E-state index contributed by atoms with van der Waals surface area (Å²) in [6.07, 6.45) is 6.82. The van der Waals surface area contributed by atoms with E-state index in [1.807, 2.05) is 37.4 Å². The molecule has 1 aliphatic rings. The van der Waals surface area contributed by atoms with Crippen molar-refractivity contribution in [2.24, 2.45) is 0 Å². The minimum Gasteiger partial charge on any atom is -0.444 e. The van der Waals surface area contributed by atoms with Crippen LogP contribution in [0, 0.1) is 0 Å². The predicted octanol–water partition coefficient (Wildman–Crippen LogP) is 3.12. The van der Waals surface area contributed by atoms with Crippen LogP contribution < -0.4 is 5.32 Å². The first kappa shape index (κ1) is 17.6. The van der Waals surface area contributed by atoms with E-state index in [4.69, 9.17) is 4.74 Å². The van der Waals surface area contributed by atoms with Gasteiger partial charge in [0.15, 0.2) is 0 Å². The molecule has 0 radical (unpaired) electrons. The molecule has 1 rings (SSSR count). The Morgan fingerprint density at radius 1 is 1.35 bits per heavy atom. The lowest BCUT2D eigenvalue weighted by Gasteiger charge is -2.24. The Kier molecular flexibility index (Phi) is 7.74. The van der Waals surface area contributed by atoms with Crippen LogP contribution in [-0.2, 0) is 4.74 Å². The second-order valence-electron chi connectivity index (χ2n) is 6.42. The van der Waals surface area contributed by atoms with E-state index in [1.165, 1.54) is 25.0 Å². The Bertz CT molecular complexity index is 292. The van der Waals surface area contributed by atoms with Gasteiger partial charge in [0.05, 0.1) is 0 Å². The van der Waals surface area contributed by atoms with Crippen molar-refractivity contribution in [1.29, 1.82) is 0 Å². The number of hydrogen-bond acceptors (Lipinski definition) is 4. The SMILES string of the molecule is CSCCCCCNC1CCN(C(=O)OC(C)(C)C)C1. The second kappa shape index (κ2) is 8.78. The first-order valence-corrected chi connectivity index (χ1v) is 9.02. The van der Waals surface area contributed by atoms with Gasteiger partial charge in [0, 0.05) is 19.1 Å². The van der Waals surface area contributed by atoms with E-state index in [0.29, 0.717) is 6.04 Å². The molecule has 0 spiro atoms. The van der Waals surface area contributed by atoms with Crippen LogP contribution in [0.1, 0.15) is 46.5 Å². The minimum absolute atomic E-state index is 0.179. The van der Waals surface area contributed by atoms with E-state index in [1.54, 1.807) is 0 Å². The molecule has 1 fully saturated rings. The van der Waals surface area contributed by atoms with Gasteiger partial charge < -0.3 is 15.0 Å². The second-order valence-corrected chi connectivity index (χ2v) is 7.41. The zero-order chi connectivity index (χ0) is 15.0. The lowest BCUT2D eigenvalue weighted by Crippen LogP contribution is -2.38. The van der Waals surface area contributed by atoms with Crippen molar-refractivity contribution in [3.05, 3.63) is 0 Å². The first-order valence-electron chi connectivity index (χ1n) is 7.62. The number of likely N-dealkylation sites (tertiary alicyclic amines) is 1. The van der Waals surface area contributed by atoms with Crippen LogP contribution in [0.3, 0.4) is 0 Å². The molecule has 0 aromatic carbocycles. The fraction of sp³-hybridized carbons (Fsp3) is 0.933. The summed E-state index contributed by atoms with van der Waals surface area (Å²) in [6, 6.07) is 0.433. The van der Waals surface area contributed by atoms with E-state index in [2.05, 4.69) is 11.6 Å². The van der Waals surface area contributed by atoms with Crippen molar-refractivity contribution < 1.29 is 9.53 Å². The molecule has 1 saturated heterocycles. The molecular weight excluding hydrogens is 272 g/mol. The van der Waals surface area contributed by atoms with Crippen LogP contribution in [0.15, 0.2) is 0 Å². The van der Waals surface area contributed by atoms with Crippen LogP contribution >= 0.6 is 11.8 Å². The smallest absolute Gasteiger partial charge is 0.410 e. The van der Waals surface area contributed by atoms with Crippen molar-refractivity contribution >= 4 is 17.9 Å². The van der Waals surface area contributed by atoms with Gasteiger partial charge in [-0.15, -0.1) is 0 Å². The van der Waals surface area contributed by atoms with Gasteiger partial charge in [-0.05, 0) is 58.6 Å². The number of carbonyl (C=O) groups is 1. The highest BCUT2D eigenvalue weighted by atomic mass is 32.2. The standard InChI is InChI=1S/C15H30N2O2S/c1-15(2,3)19-14(18)17-10-8-13(12-17)16-9-6-5-7-11-20-4/h13,16H,5-12H2,1-4H3. The van der Waals surface area contributed by atoms with E-state index in [0.717, 1.165) is 26.1 Å². The molecular formula is C15H30N2O2S. The quantitative estimate of drug-likeness (QED) is 0.734. The van der Waals surface area contributed by atoms with Gasteiger partial charge >= 0.3 is 6.09 Å². The summed E-state index contributed by atoms with van der Waals surface area (Å²) in [5.74, 6) is 1.26. The fourth-order valence-electron chi connectivity index (χ4n) is 2.27. The molecule has 1 N–H and O–H groups in total. The van der Waals surface area contributed by atoms with Crippen LogP contribution in [0.5, 0.6) is 0 Å². The maximum atomic E-state index is 11.9. The van der Waals surface area contributed by atoms with Crippen molar-refractivity contribution in [2.45, 2.75) is 58.1 Å². The summed E-state index contributed by atoms with van der Waals surface area (Å²) in [5, 5.41) is 3.55. The van der Waals surface area contributed by atoms with Gasteiger partial charge in [0.25, 0.3) is 0 Å². The lowest BCUT2D eigenvalue weighted by atomic mass is 10.2. The summed E-state index contributed by atoms with van der Waals surface area (Å²) >= 11 is 1.91. The molecule has 1 heterocycles. The number of thioether (sulfide) groups is 1. The molecule has 0 saturated carbocycles. The van der Waals surface area contributed by atoms with Crippen molar-refractivity contribution in [3.8, 4) is 0 Å². The average molecular weight is 302 g/mol. The number of nitrogens with zero attached hydrogens (tertiary/aromatic N) is 1. The highest BCUT2D eigenvalue weighted by Crippen LogP contribution is 2.15. The number of rotatable bonds is 7. The monoisotopic (exact) mass is 302 g/mol. The van der Waals surface area contributed by atoms with Gasteiger partial charge in [-0.2, -0.15) is 11.8 Å². The molecule has 20 heavy (non-hydrogen) atoms. The molecule has 0 aliphatic carbocycles. The molecule has 1 aliphatic heterocycles. The first-order chi connectivity index (χ1) is 9.42. The maximum absolute atomic E-state index is 11.9. The number of amides is 1. The highest BCUT2D eigenvalue weighted by Gasteiger charge is 2.29. The fourth-order valence-corrected chi connectivity index (χ4v) is 2.77. The molecule has 1 amide bonds. The average Bonchev–Trinajstić information content (AvgIpc) is 2.80. The molecule has 0 bridgehead atoms. The lowest BCUT2D eigenvalue weighted by molar-refractivity contribution is 0.0291. The Morgan fingerprint density at radius 3 is 2.75 bits per heavy atom. The Balaban J connectivity index is 2.12. The van der Waals surface area contributed by atoms with E-state index in [9.17, 15) is 4.79 Å². The summed E-state index contributed by atoms with van der Waals surface area (Å²) < 4.78 is 5.40. The van der Waals surface area contributed by atoms with Gasteiger partial charge in [0.1, 0.15) is 5.60 Å². The zero-order valence-electron chi connectivity index (χ0n) is 13.4. The topological polar surface area (TPSA) is 41.6 Å². The number of nitrogens with one attached hydrogen (secondary N) is 1. The molecule has 5 heteroatoms. The van der Waals surface area contributed by atoms with Crippen molar-refractivity contribution in [1.82, 2.24) is 10.2 Å². The number of carbonyl (C=O) groups excluding carboxylic acids is 1. The highest BCUT2D eigenvalue weighted by molar-refractivity contribution is 7.98. The van der Waals surface area contributed by atoms with Gasteiger partial charge in [-0.25, -0.2) is 4.79 Å². The van der Waals surface area contributed by atoms with Crippen LogP contribution in [-0.4, -0.2) is 54.3 Å². The Labute approximate surface area is 128 Å². The number of unbranched alkanes of at least 4 members (excludes halogenated alkanes) is 2. The van der Waals surface area contributed by atoms with Gasteiger partial charge in [-0.1, -0.05) is 6.42 Å². The van der Waals surface area contributed by atoms with Gasteiger partial charge in [0.2, 0.25) is 0 Å². The van der Waals surface area contributed by atoms with Crippen LogP contribution in [0.4, 0.5) is 4.79 Å². The zero-order valence-corrected chi connectivity index (χ0v) is 14.2. The number of ether oxygens (including phenoxy) is 1. The molecule has 1 unspecified atom stereocenters. The summed E-state index contributed by atoms with van der Waals surface area (Å²) in [7, 11) is 0. The summed E-state index contributed by atoms with van der Waals surface area (Å²) in [5.41, 5.74) is -0.403. The molecule has 118 valence electrons. The molecule has 1 atom stereocenters. The maximum Gasteiger partial charge on any atom is 0.410 e. The normalized spacial score (nSPS) is 19.4. The Morgan fingerprint density at radius 2 is 2.10 bits per heavy atom. The largest absolute Gasteiger partial charge is 0.444 e. The van der Waals surface area contributed by atoms with E-state index < -0.39 is 5.60 Å². The number of hydrogen-bond donors (Lipinski definition) is 1. The predicted molar refractivity (Wildman–Crippen MR) is 86.4 cm³/mol. The minimum atomic E-state index is -0.403. The third-order valence-corrected chi connectivity index (χ3v) is 4.00. The summed E-state index contributed by atoms with van der Waals surface area (Å²) in [4.78, 5) is 13.7. The van der Waals surface area contributed by atoms with Crippen molar-refractivity contribution in [3.63, 3.8) is 0 Å². The van der Waals surface area contributed by atoms with Crippen molar-refractivity contribution in [2.75, 3.05) is 31.6 Å². The van der Waals surface area contributed by atoms with Gasteiger partial charge in [-0.3, -0.25) is 0 Å². The third-order valence-electron chi connectivity index (χ3n) is 3.30. The molecule has 0 aromatic rings. The summed E-state index contributed by atoms with van der Waals surface area (Å²) in [6.45, 7) is 8.36. The molecule has 4 nitrogen and oxygen atoms in total. The molecule has 0 aromatic heterocycles.